The van der Waals surface area contributed by atoms with Crippen molar-refractivity contribution in [3.63, 3.8) is 0 Å². The van der Waals surface area contributed by atoms with Crippen molar-refractivity contribution in [2.45, 2.75) is 51.1 Å². The number of pyridine rings is 1. The molecule has 1 saturated carbocycles. The van der Waals surface area contributed by atoms with E-state index in [-0.39, 0.29) is 23.9 Å². The lowest BCUT2D eigenvalue weighted by molar-refractivity contribution is -0.119. The molecule has 35 heavy (non-hydrogen) atoms. The molecule has 10 heteroatoms. The minimum atomic E-state index is -2.63. The lowest BCUT2D eigenvalue weighted by Crippen LogP contribution is -2.39. The number of carbonyl (C=O) groups excluding carboxylic acids is 1. The molecule has 3 aromatic heterocycles. The van der Waals surface area contributed by atoms with Crippen LogP contribution in [0.15, 0.2) is 48.8 Å². The number of benzene rings is 1. The van der Waals surface area contributed by atoms with E-state index in [1.165, 1.54) is 6.92 Å². The van der Waals surface area contributed by atoms with E-state index < -0.39 is 13.0 Å². The number of rotatable bonds is 7. The highest BCUT2D eigenvalue weighted by Crippen LogP contribution is 2.33. The molecule has 1 fully saturated rings. The molecular weight excluding hydrogens is 454 g/mol. The van der Waals surface area contributed by atoms with Gasteiger partial charge in [-0.3, -0.25) is 9.78 Å². The topological polar surface area (TPSA) is 93.4 Å². The first kappa shape index (κ1) is 22.9. The molecule has 0 spiro atoms. The molecule has 4 aromatic rings. The van der Waals surface area contributed by atoms with Gasteiger partial charge in [0.25, 0.3) is 6.43 Å². The van der Waals surface area contributed by atoms with Gasteiger partial charge in [-0.05, 0) is 55.5 Å². The van der Waals surface area contributed by atoms with Crippen LogP contribution in [0.2, 0.25) is 0 Å². The van der Waals surface area contributed by atoms with Crippen molar-refractivity contribution >= 4 is 28.3 Å². The van der Waals surface area contributed by atoms with Crippen LogP contribution in [0.3, 0.4) is 0 Å². The molecule has 8 nitrogen and oxygen atoms in total. The standard InChI is InChI=1S/C25H26F2N6O2/c1-15(34)29-18-5-7-19(8-6-18)30-25-31-24(35-14-22(26)27)23-20(10-12-33(23)32-25)16-4-9-21-17(13-16)3-2-11-28-21/h2-4,9-13,18-19,22H,5-8,14H2,1H3,(H,29,34)(H,30,32). The summed E-state index contributed by atoms with van der Waals surface area (Å²) in [5.41, 5.74) is 3.05. The van der Waals surface area contributed by atoms with Gasteiger partial charge in [-0.15, -0.1) is 5.10 Å². The minimum absolute atomic E-state index is 0.0258. The number of halogens is 2. The highest BCUT2D eigenvalue weighted by molar-refractivity contribution is 5.90. The fourth-order valence-corrected chi connectivity index (χ4v) is 4.62. The lowest BCUT2D eigenvalue weighted by atomic mass is 9.91. The molecule has 0 radical (unpaired) electrons. The average Bonchev–Trinajstić information content (AvgIpc) is 3.27. The zero-order chi connectivity index (χ0) is 24.4. The van der Waals surface area contributed by atoms with Gasteiger partial charge < -0.3 is 15.4 Å². The predicted molar refractivity (Wildman–Crippen MR) is 129 cm³/mol. The number of anilines is 1. The summed E-state index contributed by atoms with van der Waals surface area (Å²) in [6.45, 7) is 0.759. The number of fused-ring (bicyclic) bond motifs is 2. The molecule has 3 heterocycles. The molecule has 1 aliphatic rings. The van der Waals surface area contributed by atoms with Crippen molar-refractivity contribution in [2.24, 2.45) is 0 Å². The second-order valence-corrected chi connectivity index (χ2v) is 8.77. The van der Waals surface area contributed by atoms with E-state index in [4.69, 9.17) is 4.74 Å². The third-order valence-corrected chi connectivity index (χ3v) is 6.21. The fourth-order valence-electron chi connectivity index (χ4n) is 4.62. The van der Waals surface area contributed by atoms with Crippen molar-refractivity contribution in [3.8, 4) is 17.0 Å². The van der Waals surface area contributed by atoms with Crippen molar-refractivity contribution in [1.82, 2.24) is 24.9 Å². The van der Waals surface area contributed by atoms with Crippen LogP contribution in [0, 0.1) is 0 Å². The molecule has 1 amide bonds. The molecular formula is C25H26F2N6O2. The number of aromatic nitrogens is 4. The Hall–Kier alpha value is -3.82. The monoisotopic (exact) mass is 480 g/mol. The smallest absolute Gasteiger partial charge is 0.272 e. The van der Waals surface area contributed by atoms with Crippen LogP contribution >= 0.6 is 0 Å². The molecule has 0 bridgehead atoms. The predicted octanol–water partition coefficient (Wildman–Crippen LogP) is 4.45. The number of carbonyl (C=O) groups is 1. The molecule has 0 saturated heterocycles. The van der Waals surface area contributed by atoms with Crippen molar-refractivity contribution in [1.29, 1.82) is 0 Å². The normalized spacial score (nSPS) is 18.2. The molecule has 5 rings (SSSR count). The Bertz CT molecular complexity index is 1350. The maximum absolute atomic E-state index is 13.0. The Labute approximate surface area is 200 Å². The van der Waals surface area contributed by atoms with Gasteiger partial charge in [0.05, 0.1) is 5.52 Å². The van der Waals surface area contributed by atoms with Crippen LogP contribution in [0.5, 0.6) is 5.88 Å². The summed E-state index contributed by atoms with van der Waals surface area (Å²) >= 11 is 0. The summed E-state index contributed by atoms with van der Waals surface area (Å²) in [5, 5.41) is 11.8. The maximum Gasteiger partial charge on any atom is 0.272 e. The molecule has 0 aliphatic heterocycles. The fraction of sp³-hybridized carbons (Fsp3) is 0.360. The van der Waals surface area contributed by atoms with Gasteiger partial charge in [0, 0.05) is 42.4 Å². The Kier molecular flexibility index (Phi) is 6.43. The van der Waals surface area contributed by atoms with Gasteiger partial charge in [0.2, 0.25) is 17.7 Å². The number of alkyl halides is 2. The van der Waals surface area contributed by atoms with Crippen LogP contribution in [0.1, 0.15) is 32.6 Å². The highest BCUT2D eigenvalue weighted by Gasteiger charge is 2.23. The van der Waals surface area contributed by atoms with E-state index in [9.17, 15) is 13.6 Å². The summed E-state index contributed by atoms with van der Waals surface area (Å²) in [7, 11) is 0. The number of hydrogen-bond acceptors (Lipinski definition) is 6. The second-order valence-electron chi connectivity index (χ2n) is 8.77. The van der Waals surface area contributed by atoms with E-state index in [1.807, 2.05) is 36.4 Å². The van der Waals surface area contributed by atoms with E-state index in [0.717, 1.165) is 47.7 Å². The van der Waals surface area contributed by atoms with E-state index in [2.05, 4.69) is 25.7 Å². The van der Waals surface area contributed by atoms with Crippen molar-refractivity contribution < 1.29 is 18.3 Å². The molecule has 1 aliphatic carbocycles. The third kappa shape index (κ3) is 5.16. The van der Waals surface area contributed by atoms with Gasteiger partial charge in [-0.2, -0.15) is 4.98 Å². The Balaban J connectivity index is 1.45. The lowest BCUT2D eigenvalue weighted by Gasteiger charge is -2.29. The molecule has 0 atom stereocenters. The molecule has 0 unspecified atom stereocenters. The summed E-state index contributed by atoms with van der Waals surface area (Å²) in [4.78, 5) is 20.1. The zero-order valence-electron chi connectivity index (χ0n) is 19.2. The summed E-state index contributed by atoms with van der Waals surface area (Å²) < 4.78 is 33.1. The van der Waals surface area contributed by atoms with E-state index >= 15 is 0 Å². The maximum atomic E-state index is 13.0. The van der Waals surface area contributed by atoms with Gasteiger partial charge in [0.1, 0.15) is 5.52 Å². The van der Waals surface area contributed by atoms with E-state index in [0.29, 0.717) is 11.5 Å². The minimum Gasteiger partial charge on any atom is -0.470 e. The summed E-state index contributed by atoms with van der Waals surface area (Å²) in [5.74, 6) is 0.387. The zero-order valence-corrected chi connectivity index (χ0v) is 19.2. The van der Waals surface area contributed by atoms with Crippen molar-refractivity contribution in [2.75, 3.05) is 11.9 Å². The van der Waals surface area contributed by atoms with Crippen LogP contribution in [-0.4, -0.2) is 50.6 Å². The average molecular weight is 481 g/mol. The number of nitrogens with one attached hydrogen (secondary N) is 2. The van der Waals surface area contributed by atoms with E-state index in [1.54, 1.807) is 16.9 Å². The first-order valence-electron chi connectivity index (χ1n) is 11.7. The number of hydrogen-bond donors (Lipinski definition) is 2. The number of amides is 1. The first-order valence-corrected chi connectivity index (χ1v) is 11.7. The molecule has 182 valence electrons. The summed E-state index contributed by atoms with van der Waals surface area (Å²) in [6, 6.07) is 11.8. The molecule has 2 N–H and O–H groups in total. The van der Waals surface area contributed by atoms with Gasteiger partial charge in [0.15, 0.2) is 6.61 Å². The van der Waals surface area contributed by atoms with Crippen LogP contribution < -0.4 is 15.4 Å². The first-order chi connectivity index (χ1) is 17.0. The SMILES string of the molecule is CC(=O)NC1CCC(Nc2nc(OCC(F)F)c3c(-c4ccc5ncccc5c4)ccn3n2)CC1. The second kappa shape index (κ2) is 9.81. The quantitative estimate of drug-likeness (QED) is 0.406. The third-order valence-electron chi connectivity index (χ3n) is 6.21. The Morgan fingerprint density at radius 3 is 2.74 bits per heavy atom. The molecule has 1 aromatic carbocycles. The van der Waals surface area contributed by atoms with Crippen LogP contribution in [0.25, 0.3) is 27.5 Å². The Morgan fingerprint density at radius 1 is 1.17 bits per heavy atom. The number of ether oxygens (including phenoxy) is 1. The Morgan fingerprint density at radius 2 is 1.97 bits per heavy atom. The van der Waals surface area contributed by atoms with Crippen molar-refractivity contribution in [3.05, 3.63) is 48.8 Å². The summed E-state index contributed by atoms with van der Waals surface area (Å²) in [6.07, 6.45) is 4.24. The highest BCUT2D eigenvalue weighted by atomic mass is 19.3. The van der Waals surface area contributed by atoms with Crippen LogP contribution in [0.4, 0.5) is 14.7 Å². The van der Waals surface area contributed by atoms with Gasteiger partial charge in [-0.1, -0.05) is 12.1 Å². The van der Waals surface area contributed by atoms with Crippen LogP contribution in [-0.2, 0) is 4.79 Å². The largest absolute Gasteiger partial charge is 0.470 e. The number of nitrogens with zero attached hydrogens (tertiary/aromatic N) is 4. The van der Waals surface area contributed by atoms with Gasteiger partial charge >= 0.3 is 0 Å². The van der Waals surface area contributed by atoms with Gasteiger partial charge in [-0.25, -0.2) is 13.3 Å².